The highest BCUT2D eigenvalue weighted by Gasteiger charge is 2.54. The fourth-order valence-corrected chi connectivity index (χ4v) is 5.75. The Morgan fingerprint density at radius 2 is 1.94 bits per heavy atom. The minimum absolute atomic E-state index is 0.0356. The van der Waals surface area contributed by atoms with E-state index in [2.05, 4.69) is 15.5 Å². The number of benzene rings is 1. The van der Waals surface area contributed by atoms with Gasteiger partial charge in [0.1, 0.15) is 29.3 Å². The molecule has 0 aliphatic carbocycles. The Labute approximate surface area is 205 Å². The summed E-state index contributed by atoms with van der Waals surface area (Å²) in [6.45, 7) is 0. The molecule has 2 amide bonds. The number of rotatable bonds is 9. The van der Waals surface area contributed by atoms with E-state index in [1.54, 1.807) is 0 Å². The number of carbonyl (C=O) groups is 4. The Morgan fingerprint density at radius 3 is 2.60 bits per heavy atom. The molecular weight excluding hydrogens is 504 g/mol. The third kappa shape index (κ3) is 5.11. The summed E-state index contributed by atoms with van der Waals surface area (Å²) >= 11 is 2.26. The van der Waals surface area contributed by atoms with Crippen LogP contribution in [0.3, 0.4) is 0 Å². The standard InChI is InChI=1S/C20H18N4O9S2/c25-10-3-1-8(2-4-10)15(28)16(29)21-13-17(30)24-14(19(31)32)9(6-34-18(13)24)7-35-20-23-22-11(33-20)5-12(26)27/h1-4,13,15,18,25,28H,5-7H2,(H,21,29)(H,26,27)(H,31,32)/t13?,15?,18-/m0/s1. The van der Waals surface area contributed by atoms with E-state index in [0.717, 1.165) is 16.7 Å². The molecule has 0 bridgehead atoms. The number of aliphatic hydroxyl groups is 1. The SMILES string of the molecule is O=C(O)Cc1nnc(SCC2=C(C(=O)O)N3C(=O)C(NC(=O)C(O)c4ccc(O)cc4)[C@@H]3SC2)o1. The number of aliphatic hydroxyl groups excluding tert-OH is 1. The molecule has 3 heterocycles. The summed E-state index contributed by atoms with van der Waals surface area (Å²) < 4.78 is 5.21. The van der Waals surface area contributed by atoms with Crippen LogP contribution in [0.5, 0.6) is 5.75 Å². The summed E-state index contributed by atoms with van der Waals surface area (Å²) in [6.07, 6.45) is -2.02. The summed E-state index contributed by atoms with van der Waals surface area (Å²) in [7, 11) is 0. The van der Waals surface area contributed by atoms with Crippen LogP contribution in [0.25, 0.3) is 0 Å². The Morgan fingerprint density at radius 1 is 1.23 bits per heavy atom. The summed E-state index contributed by atoms with van der Waals surface area (Å²) in [4.78, 5) is 49.0. The average Bonchev–Trinajstić information content (AvgIpc) is 3.26. The largest absolute Gasteiger partial charge is 0.508 e. The number of carbonyl (C=O) groups excluding carboxylic acids is 2. The maximum atomic E-state index is 12.8. The van der Waals surface area contributed by atoms with Crippen molar-refractivity contribution in [2.75, 3.05) is 11.5 Å². The second-order valence-corrected chi connectivity index (χ2v) is 9.50. The van der Waals surface area contributed by atoms with Crippen molar-refractivity contribution in [3.63, 3.8) is 0 Å². The van der Waals surface area contributed by atoms with Crippen LogP contribution in [0.1, 0.15) is 17.6 Å². The number of carboxylic acids is 2. The van der Waals surface area contributed by atoms with Gasteiger partial charge in [0.15, 0.2) is 6.10 Å². The van der Waals surface area contributed by atoms with Gasteiger partial charge in [-0.15, -0.1) is 22.0 Å². The fraction of sp³-hybridized carbons (Fsp3) is 0.300. The van der Waals surface area contributed by atoms with Crippen LogP contribution >= 0.6 is 23.5 Å². The molecule has 184 valence electrons. The van der Waals surface area contributed by atoms with E-state index >= 15 is 0 Å². The van der Waals surface area contributed by atoms with Crippen LogP contribution in [0.15, 0.2) is 45.2 Å². The lowest BCUT2D eigenvalue weighted by atomic mass is 10.0. The van der Waals surface area contributed by atoms with Crippen molar-refractivity contribution in [3.05, 3.63) is 47.0 Å². The number of aliphatic carboxylic acids is 2. The summed E-state index contributed by atoms with van der Waals surface area (Å²) in [6, 6.07) is 4.34. The number of thioether (sulfide) groups is 2. The first kappa shape index (κ1) is 24.6. The van der Waals surface area contributed by atoms with E-state index in [1.165, 1.54) is 36.0 Å². The predicted octanol–water partition coefficient (Wildman–Crippen LogP) is -0.0334. The minimum atomic E-state index is -1.58. The maximum absolute atomic E-state index is 12.8. The van der Waals surface area contributed by atoms with Crippen LogP contribution in [-0.2, 0) is 25.6 Å². The van der Waals surface area contributed by atoms with Crippen LogP contribution in [0, 0.1) is 0 Å². The number of aromatic hydroxyl groups is 1. The van der Waals surface area contributed by atoms with E-state index in [-0.39, 0.29) is 39.6 Å². The molecule has 1 aromatic carbocycles. The number of hydrogen-bond donors (Lipinski definition) is 5. The van der Waals surface area contributed by atoms with Gasteiger partial charge in [0.05, 0.1) is 0 Å². The second-order valence-electron chi connectivity index (χ2n) is 7.47. The van der Waals surface area contributed by atoms with Gasteiger partial charge in [-0.25, -0.2) is 4.79 Å². The van der Waals surface area contributed by atoms with Gasteiger partial charge < -0.3 is 30.2 Å². The molecular formula is C20H18N4O9S2. The van der Waals surface area contributed by atoms with E-state index in [1.807, 2.05) is 0 Å². The molecule has 5 N–H and O–H groups in total. The lowest BCUT2D eigenvalue weighted by molar-refractivity contribution is -0.151. The fourth-order valence-electron chi connectivity index (χ4n) is 3.48. The number of carboxylic acid groups (broad SMARTS) is 2. The zero-order chi connectivity index (χ0) is 25.3. The number of fused-ring (bicyclic) bond motifs is 1. The van der Waals surface area contributed by atoms with Gasteiger partial charge in [0, 0.05) is 11.5 Å². The number of phenols is 1. The lowest BCUT2D eigenvalue weighted by Crippen LogP contribution is -2.70. The first-order valence-electron chi connectivity index (χ1n) is 10.00. The highest BCUT2D eigenvalue weighted by Crippen LogP contribution is 2.41. The molecule has 0 saturated carbocycles. The zero-order valence-corrected chi connectivity index (χ0v) is 19.3. The maximum Gasteiger partial charge on any atom is 0.352 e. The van der Waals surface area contributed by atoms with Crippen molar-refractivity contribution in [1.82, 2.24) is 20.4 Å². The number of amides is 2. The van der Waals surface area contributed by atoms with Crippen molar-refractivity contribution in [3.8, 4) is 5.75 Å². The molecule has 1 fully saturated rings. The van der Waals surface area contributed by atoms with E-state index in [0.29, 0.717) is 5.57 Å². The van der Waals surface area contributed by atoms with Crippen molar-refractivity contribution in [2.45, 2.75) is 29.2 Å². The molecule has 2 unspecified atom stereocenters. The highest BCUT2D eigenvalue weighted by atomic mass is 32.2. The molecule has 0 radical (unpaired) electrons. The highest BCUT2D eigenvalue weighted by molar-refractivity contribution is 8.01. The van der Waals surface area contributed by atoms with Gasteiger partial charge in [-0.2, -0.15) is 0 Å². The van der Waals surface area contributed by atoms with Gasteiger partial charge in [-0.05, 0) is 23.3 Å². The normalized spacial score (nSPS) is 20.1. The number of β-lactam (4-membered cyclic amide) rings is 1. The smallest absolute Gasteiger partial charge is 0.352 e. The van der Waals surface area contributed by atoms with E-state index in [4.69, 9.17) is 9.52 Å². The molecule has 2 aliphatic rings. The molecule has 1 saturated heterocycles. The molecule has 13 nitrogen and oxygen atoms in total. The Balaban J connectivity index is 1.42. The van der Waals surface area contributed by atoms with Gasteiger partial charge in [-0.1, -0.05) is 23.9 Å². The van der Waals surface area contributed by atoms with Crippen LogP contribution in [-0.4, -0.2) is 82.2 Å². The number of nitrogens with zero attached hydrogens (tertiary/aromatic N) is 3. The van der Waals surface area contributed by atoms with E-state index in [9.17, 15) is 34.5 Å². The number of phenolic OH excluding ortho intramolecular Hbond substituents is 1. The summed E-state index contributed by atoms with van der Waals surface area (Å²) in [5.74, 6) is -3.68. The van der Waals surface area contributed by atoms with Crippen LogP contribution in [0.2, 0.25) is 0 Å². The van der Waals surface area contributed by atoms with Gasteiger partial charge in [0.2, 0.25) is 5.89 Å². The lowest BCUT2D eigenvalue weighted by Gasteiger charge is -2.49. The van der Waals surface area contributed by atoms with Gasteiger partial charge in [-0.3, -0.25) is 19.3 Å². The summed E-state index contributed by atoms with van der Waals surface area (Å²) in [5.41, 5.74) is 0.434. The monoisotopic (exact) mass is 522 g/mol. The van der Waals surface area contributed by atoms with Crippen LogP contribution in [0.4, 0.5) is 0 Å². The molecule has 2 aliphatic heterocycles. The Kier molecular flexibility index (Phi) is 7.00. The molecule has 3 atom stereocenters. The third-order valence-electron chi connectivity index (χ3n) is 5.13. The predicted molar refractivity (Wildman–Crippen MR) is 119 cm³/mol. The molecule has 2 aromatic rings. The zero-order valence-electron chi connectivity index (χ0n) is 17.7. The van der Waals surface area contributed by atoms with Crippen LogP contribution < -0.4 is 5.32 Å². The van der Waals surface area contributed by atoms with Crippen molar-refractivity contribution in [1.29, 1.82) is 0 Å². The Hall–Kier alpha value is -3.56. The molecule has 0 spiro atoms. The first-order chi connectivity index (χ1) is 16.7. The van der Waals surface area contributed by atoms with Crippen molar-refractivity contribution in [2.24, 2.45) is 0 Å². The molecule has 15 heteroatoms. The van der Waals surface area contributed by atoms with Gasteiger partial charge in [0.25, 0.3) is 17.0 Å². The topological polar surface area (TPSA) is 203 Å². The quantitative estimate of drug-likeness (QED) is 0.217. The number of hydrogen-bond acceptors (Lipinski definition) is 11. The summed E-state index contributed by atoms with van der Waals surface area (Å²) in [5, 5.41) is 47.3. The average molecular weight is 523 g/mol. The Bertz CT molecular complexity index is 1210. The molecule has 35 heavy (non-hydrogen) atoms. The molecule has 4 rings (SSSR count). The number of aromatic nitrogens is 2. The first-order valence-corrected chi connectivity index (χ1v) is 12.0. The van der Waals surface area contributed by atoms with Crippen molar-refractivity contribution >= 4 is 47.3 Å². The van der Waals surface area contributed by atoms with Crippen molar-refractivity contribution < 1.29 is 44.0 Å². The minimum Gasteiger partial charge on any atom is -0.508 e. The second kappa shape index (κ2) is 9.97. The van der Waals surface area contributed by atoms with Gasteiger partial charge >= 0.3 is 11.9 Å². The number of nitrogens with one attached hydrogen (secondary N) is 1. The molecule has 1 aromatic heterocycles. The van der Waals surface area contributed by atoms with E-state index < -0.39 is 47.7 Å². The third-order valence-corrected chi connectivity index (χ3v) is 7.37.